The van der Waals surface area contributed by atoms with Gasteiger partial charge >= 0.3 is 0 Å². The number of aromatic nitrogens is 2. The van der Waals surface area contributed by atoms with E-state index in [1.54, 1.807) is 12.3 Å². The third-order valence-electron chi connectivity index (χ3n) is 4.89. The minimum absolute atomic E-state index is 0.0404. The molecule has 1 amide bonds. The Hall–Kier alpha value is -2.39. The molecule has 0 atom stereocenters. The number of carbonyl (C=O) groups is 1. The van der Waals surface area contributed by atoms with Crippen LogP contribution in [0, 0.1) is 6.92 Å². The van der Waals surface area contributed by atoms with E-state index in [2.05, 4.69) is 10.3 Å². The van der Waals surface area contributed by atoms with Crippen LogP contribution >= 0.6 is 0 Å². The van der Waals surface area contributed by atoms with Crippen LogP contribution in [-0.2, 0) is 16.6 Å². The van der Waals surface area contributed by atoms with Crippen molar-refractivity contribution < 1.29 is 17.9 Å². The molecule has 0 spiro atoms. The first-order chi connectivity index (χ1) is 13.4. The Kier molecular flexibility index (Phi) is 6.35. The van der Waals surface area contributed by atoms with Gasteiger partial charge in [0.05, 0.1) is 7.11 Å². The Morgan fingerprint density at radius 1 is 1.29 bits per heavy atom. The monoisotopic (exact) mass is 406 g/mol. The molecule has 2 aromatic rings. The Morgan fingerprint density at radius 3 is 2.68 bits per heavy atom. The minimum Gasteiger partial charge on any atom is -0.495 e. The zero-order valence-electron chi connectivity index (χ0n) is 16.2. The molecule has 2 heterocycles. The highest BCUT2D eigenvalue weighted by Gasteiger charge is 2.30. The minimum atomic E-state index is -3.68. The molecule has 8 nitrogen and oxygen atoms in total. The van der Waals surface area contributed by atoms with Crippen LogP contribution in [0.4, 0.5) is 0 Å². The van der Waals surface area contributed by atoms with Crippen molar-refractivity contribution in [2.75, 3.05) is 26.7 Å². The maximum Gasteiger partial charge on any atom is 0.251 e. The van der Waals surface area contributed by atoms with Crippen LogP contribution in [0.3, 0.4) is 0 Å². The summed E-state index contributed by atoms with van der Waals surface area (Å²) in [4.78, 5) is 16.7. The maximum atomic E-state index is 12.9. The van der Waals surface area contributed by atoms with Gasteiger partial charge in [-0.25, -0.2) is 13.4 Å². The van der Waals surface area contributed by atoms with Gasteiger partial charge in [-0.15, -0.1) is 0 Å². The van der Waals surface area contributed by atoms with Crippen LogP contribution in [0.5, 0.6) is 5.75 Å². The molecule has 1 aliphatic rings. The number of ether oxygens (including phenoxy) is 1. The number of sulfonamides is 1. The van der Waals surface area contributed by atoms with E-state index < -0.39 is 10.0 Å². The average molecular weight is 407 g/mol. The molecule has 1 aromatic heterocycles. The predicted molar refractivity (Wildman–Crippen MR) is 105 cm³/mol. The molecule has 9 heteroatoms. The van der Waals surface area contributed by atoms with E-state index in [0.717, 1.165) is 31.6 Å². The number of rotatable bonds is 8. The standard InChI is InChI=1S/C19H26N4O4S/c1-15-20-9-13-22(15)10-5-8-21-19(24)16-6-7-17(27-2)18(14-16)28(25,26)23-11-3-4-12-23/h6-7,9,13-14H,3-5,8,10-12H2,1-2H3,(H,21,24). The summed E-state index contributed by atoms with van der Waals surface area (Å²) in [5.74, 6) is 0.875. The second-order valence-corrected chi connectivity index (χ2v) is 8.66. The number of benzene rings is 1. The van der Waals surface area contributed by atoms with Crippen molar-refractivity contribution in [2.45, 2.75) is 37.6 Å². The lowest BCUT2D eigenvalue weighted by molar-refractivity contribution is 0.0952. The highest BCUT2D eigenvalue weighted by Crippen LogP contribution is 2.29. The van der Waals surface area contributed by atoms with Crippen LogP contribution < -0.4 is 10.1 Å². The van der Waals surface area contributed by atoms with E-state index in [4.69, 9.17) is 4.74 Å². The zero-order chi connectivity index (χ0) is 20.1. The molecule has 0 unspecified atom stereocenters. The van der Waals surface area contributed by atoms with Crippen molar-refractivity contribution >= 4 is 15.9 Å². The number of hydrogen-bond acceptors (Lipinski definition) is 5. The highest BCUT2D eigenvalue weighted by molar-refractivity contribution is 7.89. The molecule has 1 saturated heterocycles. The summed E-state index contributed by atoms with van der Waals surface area (Å²) in [5, 5.41) is 2.84. The van der Waals surface area contributed by atoms with Crippen LogP contribution in [0.2, 0.25) is 0 Å². The normalized spacial score (nSPS) is 14.9. The van der Waals surface area contributed by atoms with Gasteiger partial charge in [0.1, 0.15) is 16.5 Å². The Morgan fingerprint density at radius 2 is 2.04 bits per heavy atom. The van der Waals surface area contributed by atoms with Crippen molar-refractivity contribution in [3.05, 3.63) is 42.0 Å². The topological polar surface area (TPSA) is 93.5 Å². The molecule has 152 valence electrons. The van der Waals surface area contributed by atoms with Gasteiger partial charge in [0.25, 0.3) is 5.91 Å². The molecule has 3 rings (SSSR count). The average Bonchev–Trinajstić information content (AvgIpc) is 3.37. The SMILES string of the molecule is COc1ccc(C(=O)NCCCn2ccnc2C)cc1S(=O)(=O)N1CCCC1. The third kappa shape index (κ3) is 4.36. The Labute approximate surface area is 165 Å². The zero-order valence-corrected chi connectivity index (χ0v) is 17.0. The van der Waals surface area contributed by atoms with Gasteiger partial charge in [-0.2, -0.15) is 4.31 Å². The molecule has 0 radical (unpaired) electrons. The quantitative estimate of drug-likeness (QED) is 0.675. The van der Waals surface area contributed by atoms with Crippen molar-refractivity contribution in [1.82, 2.24) is 19.2 Å². The number of amides is 1. The lowest BCUT2D eigenvalue weighted by Crippen LogP contribution is -2.29. The van der Waals surface area contributed by atoms with Gasteiger partial charge in [-0.3, -0.25) is 4.79 Å². The summed E-state index contributed by atoms with van der Waals surface area (Å²) in [6, 6.07) is 4.52. The summed E-state index contributed by atoms with van der Waals surface area (Å²) in [5.41, 5.74) is 0.303. The smallest absolute Gasteiger partial charge is 0.251 e. The van der Waals surface area contributed by atoms with Crippen molar-refractivity contribution in [2.24, 2.45) is 0 Å². The van der Waals surface area contributed by atoms with Crippen LogP contribution in [0.15, 0.2) is 35.5 Å². The van der Waals surface area contributed by atoms with E-state index in [1.807, 2.05) is 17.7 Å². The summed E-state index contributed by atoms with van der Waals surface area (Å²) in [6.07, 6.45) is 6.08. The van der Waals surface area contributed by atoms with Gasteiger partial charge < -0.3 is 14.6 Å². The predicted octanol–water partition coefficient (Wildman–Crippen LogP) is 1.80. The summed E-state index contributed by atoms with van der Waals surface area (Å²) < 4.78 is 34.5. The maximum absolute atomic E-state index is 12.9. The molecule has 1 N–H and O–H groups in total. The Balaban J connectivity index is 1.68. The van der Waals surface area contributed by atoms with Gasteiger partial charge in [0, 0.05) is 44.1 Å². The fourth-order valence-electron chi connectivity index (χ4n) is 3.28. The second-order valence-electron chi connectivity index (χ2n) is 6.75. The van der Waals surface area contributed by atoms with Gasteiger partial charge in [-0.05, 0) is 44.4 Å². The largest absolute Gasteiger partial charge is 0.495 e. The first-order valence-electron chi connectivity index (χ1n) is 9.37. The lowest BCUT2D eigenvalue weighted by atomic mass is 10.2. The van der Waals surface area contributed by atoms with Gasteiger partial charge in [0.15, 0.2) is 0 Å². The third-order valence-corrected chi connectivity index (χ3v) is 6.81. The number of nitrogens with one attached hydrogen (secondary N) is 1. The molecule has 0 aliphatic carbocycles. The Bertz CT molecular complexity index is 933. The first kappa shape index (κ1) is 20.3. The number of hydrogen-bond donors (Lipinski definition) is 1. The molecule has 0 saturated carbocycles. The van der Waals surface area contributed by atoms with E-state index in [-0.39, 0.29) is 16.6 Å². The van der Waals surface area contributed by atoms with Crippen LogP contribution in [0.25, 0.3) is 0 Å². The number of nitrogens with zero attached hydrogens (tertiary/aromatic N) is 3. The summed E-state index contributed by atoms with van der Waals surface area (Å²) in [7, 11) is -2.25. The fourth-order valence-corrected chi connectivity index (χ4v) is 4.98. The molecule has 28 heavy (non-hydrogen) atoms. The molecular weight excluding hydrogens is 380 g/mol. The number of carbonyl (C=O) groups excluding carboxylic acids is 1. The van der Waals surface area contributed by atoms with E-state index in [1.165, 1.54) is 23.5 Å². The molecule has 1 aliphatic heterocycles. The van der Waals surface area contributed by atoms with E-state index in [0.29, 0.717) is 25.2 Å². The molecule has 0 bridgehead atoms. The second kappa shape index (κ2) is 8.74. The van der Waals surface area contributed by atoms with E-state index in [9.17, 15) is 13.2 Å². The van der Waals surface area contributed by atoms with Crippen molar-refractivity contribution in [3.8, 4) is 5.75 Å². The van der Waals surface area contributed by atoms with E-state index >= 15 is 0 Å². The van der Waals surface area contributed by atoms with Crippen LogP contribution in [-0.4, -0.2) is 54.9 Å². The van der Waals surface area contributed by atoms with Crippen molar-refractivity contribution in [1.29, 1.82) is 0 Å². The van der Waals surface area contributed by atoms with Gasteiger partial charge in [-0.1, -0.05) is 0 Å². The lowest BCUT2D eigenvalue weighted by Gasteiger charge is -2.18. The first-order valence-corrected chi connectivity index (χ1v) is 10.8. The fraction of sp³-hybridized carbons (Fsp3) is 0.474. The summed E-state index contributed by atoms with van der Waals surface area (Å²) in [6.45, 7) is 4.16. The number of aryl methyl sites for hydroxylation is 2. The van der Waals surface area contributed by atoms with Crippen molar-refractivity contribution in [3.63, 3.8) is 0 Å². The highest BCUT2D eigenvalue weighted by atomic mass is 32.2. The molecule has 1 fully saturated rings. The number of methoxy groups -OCH3 is 1. The molecular formula is C19H26N4O4S. The number of imidazole rings is 1. The van der Waals surface area contributed by atoms with Gasteiger partial charge in [0.2, 0.25) is 10.0 Å². The summed E-state index contributed by atoms with van der Waals surface area (Å²) >= 11 is 0. The molecule has 1 aromatic carbocycles. The van der Waals surface area contributed by atoms with Crippen LogP contribution in [0.1, 0.15) is 35.4 Å².